The summed E-state index contributed by atoms with van der Waals surface area (Å²) >= 11 is 0. The van der Waals surface area contributed by atoms with Crippen LogP contribution in [0.25, 0.3) is 28.0 Å². The number of hydrogen-bond donors (Lipinski definition) is 2. The molecule has 4 aromatic rings. The summed E-state index contributed by atoms with van der Waals surface area (Å²) in [6.45, 7) is 3.65. The Kier molecular flexibility index (Phi) is 6.45. The van der Waals surface area contributed by atoms with Crippen LogP contribution in [0.2, 0.25) is 0 Å². The Morgan fingerprint density at radius 1 is 1.06 bits per heavy atom. The Labute approximate surface area is 201 Å². The predicted molar refractivity (Wildman–Crippen MR) is 132 cm³/mol. The van der Waals surface area contributed by atoms with Crippen molar-refractivity contribution in [2.24, 2.45) is 0 Å². The van der Waals surface area contributed by atoms with Gasteiger partial charge in [-0.15, -0.1) is 5.10 Å². The van der Waals surface area contributed by atoms with Gasteiger partial charge in [-0.1, -0.05) is 12.5 Å². The van der Waals surface area contributed by atoms with Crippen molar-refractivity contribution < 1.29 is 13.5 Å². The van der Waals surface area contributed by atoms with Crippen molar-refractivity contribution in [3.63, 3.8) is 0 Å². The van der Waals surface area contributed by atoms with Crippen LogP contribution < -0.4 is 15.8 Å². The van der Waals surface area contributed by atoms with Crippen molar-refractivity contribution in [2.75, 3.05) is 44.3 Å². The van der Waals surface area contributed by atoms with E-state index < -0.39 is 11.6 Å². The van der Waals surface area contributed by atoms with Gasteiger partial charge in [-0.2, -0.15) is 4.98 Å². The number of hydrogen-bond acceptors (Lipinski definition) is 7. The zero-order valence-electron chi connectivity index (χ0n) is 19.5. The zero-order valence-corrected chi connectivity index (χ0v) is 19.5. The van der Waals surface area contributed by atoms with Crippen molar-refractivity contribution >= 4 is 22.8 Å². The lowest BCUT2D eigenvalue weighted by Crippen LogP contribution is -2.33. The first-order valence-electron chi connectivity index (χ1n) is 11.7. The predicted octanol–water partition coefficient (Wildman–Crippen LogP) is 4.25. The first-order valence-corrected chi connectivity index (χ1v) is 11.7. The molecule has 1 aliphatic heterocycles. The summed E-state index contributed by atoms with van der Waals surface area (Å²) in [4.78, 5) is 11.6. The van der Waals surface area contributed by atoms with Crippen LogP contribution >= 0.6 is 0 Å². The molecule has 1 saturated heterocycles. The molecule has 3 N–H and O–H groups in total. The molecule has 0 bridgehead atoms. The molecule has 0 unspecified atom stereocenters. The van der Waals surface area contributed by atoms with Gasteiger partial charge < -0.3 is 20.7 Å². The molecule has 2 aromatic heterocycles. The van der Waals surface area contributed by atoms with Crippen molar-refractivity contribution in [3.8, 4) is 22.7 Å². The highest BCUT2D eigenvalue weighted by Crippen LogP contribution is 2.35. The highest BCUT2D eigenvalue weighted by molar-refractivity contribution is 5.99. The number of halogens is 2. The Morgan fingerprint density at radius 2 is 1.89 bits per heavy atom. The van der Waals surface area contributed by atoms with E-state index in [1.165, 1.54) is 49.3 Å². The number of fused-ring (bicyclic) bond motifs is 1. The van der Waals surface area contributed by atoms with Crippen molar-refractivity contribution in [1.82, 2.24) is 24.6 Å². The van der Waals surface area contributed by atoms with E-state index >= 15 is 4.39 Å². The SMILES string of the molecule is COc1ccc(-c2nc(NCCN3CCCCC3)nc3nn(-c4cccc(F)c4)c(N)c23)c(F)c1. The number of aromatic nitrogens is 4. The molecule has 2 aromatic carbocycles. The molecular formula is C25H27F2N7O. The van der Waals surface area contributed by atoms with Gasteiger partial charge in [0, 0.05) is 24.7 Å². The fourth-order valence-electron chi connectivity index (χ4n) is 4.41. The molecule has 0 spiro atoms. The van der Waals surface area contributed by atoms with Crippen molar-refractivity contribution in [1.29, 1.82) is 0 Å². The smallest absolute Gasteiger partial charge is 0.225 e. The first-order chi connectivity index (χ1) is 17.0. The Balaban J connectivity index is 1.57. The minimum atomic E-state index is -0.512. The third kappa shape index (κ3) is 4.74. The zero-order chi connectivity index (χ0) is 24.4. The number of anilines is 2. The summed E-state index contributed by atoms with van der Waals surface area (Å²) in [5, 5.41) is 8.15. The Morgan fingerprint density at radius 3 is 2.63 bits per heavy atom. The van der Waals surface area contributed by atoms with Gasteiger partial charge in [0.15, 0.2) is 5.65 Å². The molecule has 0 atom stereocenters. The van der Waals surface area contributed by atoms with E-state index in [4.69, 9.17) is 10.5 Å². The van der Waals surface area contributed by atoms with Gasteiger partial charge in [-0.3, -0.25) is 0 Å². The standard InChI is InChI=1S/C25H27F2N7O/c1-35-18-8-9-19(20(27)15-18)22-21-23(28)34(17-7-5-6-16(26)14-17)32-24(21)31-25(30-22)29-10-13-33-11-3-2-4-12-33/h5-9,14-15H,2-4,10-13,28H2,1H3,(H,29,31,32). The minimum absolute atomic E-state index is 0.190. The molecule has 3 heterocycles. The van der Waals surface area contributed by atoms with Crippen LogP contribution in [0.4, 0.5) is 20.5 Å². The van der Waals surface area contributed by atoms with E-state index in [0.29, 0.717) is 35.0 Å². The number of nitrogens with two attached hydrogens (primary N) is 1. The van der Waals surface area contributed by atoms with Gasteiger partial charge in [0.25, 0.3) is 0 Å². The maximum atomic E-state index is 15.1. The number of benzene rings is 2. The maximum Gasteiger partial charge on any atom is 0.225 e. The van der Waals surface area contributed by atoms with Crippen LogP contribution in [-0.2, 0) is 0 Å². The van der Waals surface area contributed by atoms with Crippen LogP contribution in [0, 0.1) is 11.6 Å². The second kappa shape index (κ2) is 9.83. The summed E-state index contributed by atoms with van der Waals surface area (Å²) in [7, 11) is 1.47. The molecule has 35 heavy (non-hydrogen) atoms. The first kappa shape index (κ1) is 23.0. The highest BCUT2D eigenvalue weighted by atomic mass is 19.1. The highest BCUT2D eigenvalue weighted by Gasteiger charge is 2.22. The number of methoxy groups -OCH3 is 1. The van der Waals surface area contributed by atoms with Gasteiger partial charge in [0.05, 0.1) is 23.9 Å². The molecular weight excluding hydrogens is 452 g/mol. The lowest BCUT2D eigenvalue weighted by molar-refractivity contribution is 0.237. The molecule has 8 nitrogen and oxygen atoms in total. The van der Waals surface area contributed by atoms with E-state index in [-0.39, 0.29) is 17.0 Å². The normalized spacial score (nSPS) is 14.4. The van der Waals surface area contributed by atoms with Gasteiger partial charge in [-0.05, 0) is 56.3 Å². The largest absolute Gasteiger partial charge is 0.497 e. The average molecular weight is 480 g/mol. The fraction of sp³-hybridized carbons (Fsp3) is 0.320. The number of rotatable bonds is 7. The number of likely N-dealkylation sites (tertiary alicyclic amines) is 1. The van der Waals surface area contributed by atoms with Gasteiger partial charge >= 0.3 is 0 Å². The summed E-state index contributed by atoms with van der Waals surface area (Å²) in [6, 6.07) is 10.4. The lowest BCUT2D eigenvalue weighted by Gasteiger charge is -2.26. The van der Waals surface area contributed by atoms with Gasteiger partial charge in [-0.25, -0.2) is 18.4 Å². The van der Waals surface area contributed by atoms with Crippen LogP contribution in [0.1, 0.15) is 19.3 Å². The summed E-state index contributed by atoms with van der Waals surface area (Å²) in [5.41, 5.74) is 7.69. The summed E-state index contributed by atoms with van der Waals surface area (Å²) in [5.74, 6) is -0.0327. The van der Waals surface area contributed by atoms with Crippen molar-refractivity contribution in [2.45, 2.75) is 19.3 Å². The molecule has 5 rings (SSSR count). The van der Waals surface area contributed by atoms with Crippen LogP contribution in [0.15, 0.2) is 42.5 Å². The number of piperidine rings is 1. The van der Waals surface area contributed by atoms with Crippen molar-refractivity contribution in [3.05, 3.63) is 54.1 Å². The second-order valence-electron chi connectivity index (χ2n) is 8.55. The second-order valence-corrected chi connectivity index (χ2v) is 8.55. The van der Waals surface area contributed by atoms with Gasteiger partial charge in [0.2, 0.25) is 5.95 Å². The fourth-order valence-corrected chi connectivity index (χ4v) is 4.41. The number of nitrogens with zero attached hydrogens (tertiary/aromatic N) is 5. The lowest BCUT2D eigenvalue weighted by atomic mass is 10.1. The van der Waals surface area contributed by atoms with E-state index in [9.17, 15) is 4.39 Å². The minimum Gasteiger partial charge on any atom is -0.497 e. The van der Waals surface area contributed by atoms with E-state index in [1.54, 1.807) is 24.3 Å². The topological polar surface area (TPSA) is 94.1 Å². The number of nitrogens with one attached hydrogen (secondary N) is 1. The van der Waals surface area contributed by atoms with Crippen LogP contribution in [0.3, 0.4) is 0 Å². The summed E-state index contributed by atoms with van der Waals surface area (Å²) in [6.07, 6.45) is 3.69. The maximum absolute atomic E-state index is 15.1. The van der Waals surface area contributed by atoms with E-state index in [0.717, 1.165) is 19.6 Å². The molecule has 0 radical (unpaired) electrons. The quantitative estimate of drug-likeness (QED) is 0.409. The molecule has 1 aliphatic rings. The number of ether oxygens (including phenoxy) is 1. The molecule has 0 amide bonds. The number of nitrogen functional groups attached to an aromatic ring is 1. The van der Waals surface area contributed by atoms with Crippen LogP contribution in [0.5, 0.6) is 5.75 Å². The third-order valence-electron chi connectivity index (χ3n) is 6.21. The molecule has 0 saturated carbocycles. The molecule has 0 aliphatic carbocycles. The summed E-state index contributed by atoms with van der Waals surface area (Å²) < 4.78 is 35.5. The average Bonchev–Trinajstić information content (AvgIpc) is 3.20. The molecule has 1 fully saturated rings. The molecule has 182 valence electrons. The monoisotopic (exact) mass is 479 g/mol. The van der Waals surface area contributed by atoms with Gasteiger partial charge in [0.1, 0.15) is 23.2 Å². The Hall–Kier alpha value is -3.79. The van der Waals surface area contributed by atoms with E-state index in [2.05, 4.69) is 25.3 Å². The van der Waals surface area contributed by atoms with E-state index in [1.807, 2.05) is 0 Å². The third-order valence-corrected chi connectivity index (χ3v) is 6.21. The molecule has 10 heteroatoms. The van der Waals surface area contributed by atoms with Crippen LogP contribution in [-0.4, -0.2) is 57.9 Å². The Bertz CT molecular complexity index is 1350.